The van der Waals surface area contributed by atoms with Crippen LogP contribution >= 0.6 is 0 Å². The first kappa shape index (κ1) is 21.4. The number of rotatable bonds is 6. The predicted octanol–water partition coefficient (Wildman–Crippen LogP) is 4.66. The van der Waals surface area contributed by atoms with Crippen molar-refractivity contribution in [3.8, 4) is 22.4 Å². The summed E-state index contributed by atoms with van der Waals surface area (Å²) in [6, 6.07) is 19.6. The van der Waals surface area contributed by atoms with Gasteiger partial charge in [-0.2, -0.15) is 0 Å². The molecule has 1 fully saturated rings. The van der Waals surface area contributed by atoms with Crippen LogP contribution in [0.1, 0.15) is 6.42 Å². The summed E-state index contributed by atoms with van der Waals surface area (Å²) in [6.07, 6.45) is 0.589. The van der Waals surface area contributed by atoms with E-state index in [2.05, 4.69) is 44.5 Å². The van der Waals surface area contributed by atoms with Gasteiger partial charge < -0.3 is 25.0 Å². The number of nitrogens with one attached hydrogen (secondary N) is 2. The molecule has 5 rings (SSSR count). The number of aromatic amines is 1. The lowest BCUT2D eigenvalue weighted by molar-refractivity contribution is 0.0588. The Bertz CT molecular complexity index is 1250. The number of aliphatic hydroxyl groups excluding tert-OH is 1. The maximum atomic E-state index is 14.9. The van der Waals surface area contributed by atoms with E-state index in [9.17, 15) is 9.50 Å². The van der Waals surface area contributed by atoms with Crippen LogP contribution in [0.4, 0.5) is 15.9 Å². The van der Waals surface area contributed by atoms with Crippen LogP contribution in [-0.2, 0) is 4.74 Å². The third kappa shape index (κ3) is 4.42. The average molecular weight is 447 g/mol. The van der Waals surface area contributed by atoms with Gasteiger partial charge in [-0.15, -0.1) is 0 Å². The number of hydrogen-bond donors (Lipinski definition) is 3. The van der Waals surface area contributed by atoms with Gasteiger partial charge in [-0.25, -0.2) is 9.37 Å². The quantitative estimate of drug-likeness (QED) is 0.402. The highest BCUT2D eigenvalue weighted by Gasteiger charge is 2.25. The van der Waals surface area contributed by atoms with Crippen molar-refractivity contribution >= 4 is 22.5 Å². The lowest BCUT2D eigenvalue weighted by Crippen LogP contribution is -2.20. The smallest absolute Gasteiger partial charge is 0.151 e. The standard InChI is InChI=1S/C26H27FN4O2/c1-31(2)20-9-7-17(8-10-20)16-3-5-18(6-4-16)26-22(27)12-23-24(30-26)13-25(29-23)28-19-11-21(14-32)33-15-19/h3-10,12-13,19,21,28-29,32H,11,14-15H2,1-2H3. The molecular weight excluding hydrogens is 419 g/mol. The normalized spacial score (nSPS) is 18.1. The van der Waals surface area contributed by atoms with Crippen molar-refractivity contribution in [3.05, 3.63) is 66.5 Å². The van der Waals surface area contributed by atoms with Gasteiger partial charge in [0.1, 0.15) is 11.5 Å². The molecule has 0 saturated carbocycles. The van der Waals surface area contributed by atoms with E-state index in [4.69, 9.17) is 4.74 Å². The molecule has 3 N–H and O–H groups in total. The fraction of sp³-hybridized carbons (Fsp3) is 0.269. The van der Waals surface area contributed by atoms with Gasteiger partial charge >= 0.3 is 0 Å². The van der Waals surface area contributed by atoms with Gasteiger partial charge in [0.15, 0.2) is 5.82 Å². The maximum absolute atomic E-state index is 14.9. The van der Waals surface area contributed by atoms with Crippen LogP contribution in [0.5, 0.6) is 0 Å². The molecule has 170 valence electrons. The number of anilines is 2. The Morgan fingerprint density at radius 1 is 1.06 bits per heavy atom. The molecule has 2 aromatic carbocycles. The van der Waals surface area contributed by atoms with Crippen LogP contribution in [0.25, 0.3) is 33.4 Å². The Kier molecular flexibility index (Phi) is 5.74. The molecule has 1 saturated heterocycles. The van der Waals surface area contributed by atoms with E-state index >= 15 is 0 Å². The highest BCUT2D eigenvalue weighted by Crippen LogP contribution is 2.29. The molecule has 1 aliphatic rings. The molecule has 7 heteroatoms. The monoisotopic (exact) mass is 446 g/mol. The first-order chi connectivity index (χ1) is 16.0. The van der Waals surface area contributed by atoms with Gasteiger partial charge in [0.25, 0.3) is 0 Å². The van der Waals surface area contributed by atoms with E-state index in [1.54, 1.807) is 0 Å². The van der Waals surface area contributed by atoms with Crippen molar-refractivity contribution in [2.24, 2.45) is 0 Å². The SMILES string of the molecule is CN(C)c1ccc(-c2ccc(-c3nc4cc(NC5COC(CO)C5)[nH]c4cc3F)cc2)cc1. The highest BCUT2D eigenvalue weighted by atomic mass is 19.1. The maximum Gasteiger partial charge on any atom is 0.151 e. The molecule has 0 aliphatic carbocycles. The zero-order valence-electron chi connectivity index (χ0n) is 18.7. The number of fused-ring (bicyclic) bond motifs is 1. The molecule has 2 aromatic heterocycles. The van der Waals surface area contributed by atoms with Crippen molar-refractivity contribution in [2.75, 3.05) is 37.5 Å². The summed E-state index contributed by atoms with van der Waals surface area (Å²) in [5.41, 5.74) is 5.70. The summed E-state index contributed by atoms with van der Waals surface area (Å²) in [5, 5.41) is 12.6. The molecule has 6 nitrogen and oxygen atoms in total. The second-order valence-corrected chi connectivity index (χ2v) is 8.67. The molecule has 0 spiro atoms. The van der Waals surface area contributed by atoms with Crippen LogP contribution in [0, 0.1) is 5.82 Å². The Morgan fingerprint density at radius 3 is 2.36 bits per heavy atom. The van der Waals surface area contributed by atoms with Gasteiger partial charge in [-0.3, -0.25) is 0 Å². The van der Waals surface area contributed by atoms with Gasteiger partial charge in [0, 0.05) is 37.5 Å². The molecule has 0 amide bonds. The summed E-state index contributed by atoms with van der Waals surface area (Å²) >= 11 is 0. The Hall–Kier alpha value is -3.42. The number of benzene rings is 2. The Labute approximate surface area is 192 Å². The number of H-pyrrole nitrogens is 1. The first-order valence-electron chi connectivity index (χ1n) is 11.1. The average Bonchev–Trinajstić information content (AvgIpc) is 3.44. The number of ether oxygens (including phenoxy) is 1. The predicted molar refractivity (Wildman–Crippen MR) is 130 cm³/mol. The topological polar surface area (TPSA) is 73.4 Å². The summed E-state index contributed by atoms with van der Waals surface area (Å²) in [6.45, 7) is 0.541. The first-order valence-corrected chi connectivity index (χ1v) is 11.1. The molecule has 4 aromatic rings. The second-order valence-electron chi connectivity index (χ2n) is 8.67. The number of aromatic nitrogens is 2. The van der Waals surface area contributed by atoms with Gasteiger partial charge in [0.05, 0.1) is 36.4 Å². The fourth-order valence-corrected chi connectivity index (χ4v) is 4.24. The minimum absolute atomic E-state index is 0.0151. The third-order valence-corrected chi connectivity index (χ3v) is 6.08. The Balaban J connectivity index is 1.37. The zero-order chi connectivity index (χ0) is 22.9. The van der Waals surface area contributed by atoms with E-state index in [0.717, 1.165) is 34.6 Å². The summed E-state index contributed by atoms with van der Waals surface area (Å²) < 4.78 is 20.4. The van der Waals surface area contributed by atoms with Crippen LogP contribution in [0.3, 0.4) is 0 Å². The van der Waals surface area contributed by atoms with E-state index in [0.29, 0.717) is 23.3 Å². The van der Waals surface area contributed by atoms with Gasteiger partial charge in [-0.05, 0) is 29.7 Å². The van der Waals surface area contributed by atoms with Crippen LogP contribution in [-0.4, -0.2) is 54.5 Å². The number of halogens is 1. The minimum atomic E-state index is -0.372. The van der Waals surface area contributed by atoms with E-state index < -0.39 is 0 Å². The fourth-order valence-electron chi connectivity index (χ4n) is 4.24. The van der Waals surface area contributed by atoms with Crippen LogP contribution in [0.15, 0.2) is 60.7 Å². The second kappa shape index (κ2) is 8.84. The van der Waals surface area contributed by atoms with Gasteiger partial charge in [-0.1, -0.05) is 36.4 Å². The molecular formula is C26H27FN4O2. The molecule has 2 unspecified atom stereocenters. The van der Waals surface area contributed by atoms with Crippen LogP contribution in [0.2, 0.25) is 0 Å². The highest BCUT2D eigenvalue weighted by molar-refractivity contribution is 5.83. The number of hydrogen-bond acceptors (Lipinski definition) is 5. The van der Waals surface area contributed by atoms with E-state index in [-0.39, 0.29) is 24.6 Å². The van der Waals surface area contributed by atoms with E-state index in [1.165, 1.54) is 6.07 Å². The number of nitrogens with zero attached hydrogens (tertiary/aromatic N) is 2. The molecule has 0 radical (unpaired) electrons. The Morgan fingerprint density at radius 2 is 1.73 bits per heavy atom. The van der Waals surface area contributed by atoms with Crippen molar-refractivity contribution in [1.29, 1.82) is 0 Å². The van der Waals surface area contributed by atoms with E-state index in [1.807, 2.05) is 44.4 Å². The van der Waals surface area contributed by atoms with Crippen molar-refractivity contribution < 1.29 is 14.2 Å². The molecule has 2 atom stereocenters. The van der Waals surface area contributed by atoms with Crippen LogP contribution < -0.4 is 10.2 Å². The summed E-state index contributed by atoms with van der Waals surface area (Å²) in [7, 11) is 4.03. The lowest BCUT2D eigenvalue weighted by Gasteiger charge is -2.13. The molecule has 33 heavy (non-hydrogen) atoms. The molecule has 0 bridgehead atoms. The van der Waals surface area contributed by atoms with Crippen molar-refractivity contribution in [3.63, 3.8) is 0 Å². The lowest BCUT2D eigenvalue weighted by atomic mass is 10.0. The largest absolute Gasteiger partial charge is 0.394 e. The van der Waals surface area contributed by atoms with Gasteiger partial charge in [0.2, 0.25) is 0 Å². The number of pyridine rings is 1. The number of aliphatic hydroxyl groups is 1. The van der Waals surface area contributed by atoms with Crippen molar-refractivity contribution in [2.45, 2.75) is 18.6 Å². The minimum Gasteiger partial charge on any atom is -0.394 e. The summed E-state index contributed by atoms with van der Waals surface area (Å²) in [5.74, 6) is 0.390. The third-order valence-electron chi connectivity index (χ3n) is 6.08. The zero-order valence-corrected chi connectivity index (χ0v) is 18.7. The van der Waals surface area contributed by atoms with Crippen molar-refractivity contribution in [1.82, 2.24) is 9.97 Å². The molecule has 3 heterocycles. The molecule has 1 aliphatic heterocycles. The summed E-state index contributed by atoms with van der Waals surface area (Å²) in [4.78, 5) is 9.83.